The van der Waals surface area contributed by atoms with Gasteiger partial charge >= 0.3 is 0 Å². The minimum atomic E-state index is -0.310. The minimum absolute atomic E-state index is 0.0188. The first-order valence-corrected chi connectivity index (χ1v) is 13.7. The second kappa shape index (κ2) is 8.82. The molecule has 1 amide bonds. The van der Waals surface area contributed by atoms with Crippen LogP contribution in [0.15, 0.2) is 36.4 Å². The van der Waals surface area contributed by atoms with E-state index in [9.17, 15) is 9.90 Å². The lowest BCUT2D eigenvalue weighted by atomic mass is 10.1. The zero-order valence-electron chi connectivity index (χ0n) is 19.5. The number of piperidine rings is 1. The van der Waals surface area contributed by atoms with Crippen LogP contribution in [0.3, 0.4) is 0 Å². The number of benzene rings is 2. The molecule has 3 heterocycles. The lowest BCUT2D eigenvalue weighted by Gasteiger charge is -2.31. The summed E-state index contributed by atoms with van der Waals surface area (Å²) in [6.07, 6.45) is 6.62. The number of carbonyl (C=O) groups is 1. The summed E-state index contributed by atoms with van der Waals surface area (Å²) in [7, 11) is 0. The number of aromatic nitrogens is 2. The number of aliphatic hydroxyl groups is 1. The molecule has 1 atom stereocenters. The van der Waals surface area contributed by atoms with Gasteiger partial charge in [-0.25, -0.2) is 4.98 Å². The minimum Gasteiger partial charge on any atom is -0.393 e. The fraction of sp³-hybridized carbons (Fsp3) is 0.462. The van der Waals surface area contributed by atoms with Gasteiger partial charge in [0.05, 0.1) is 22.8 Å². The third-order valence-corrected chi connectivity index (χ3v) is 7.82. The number of anilines is 3. The summed E-state index contributed by atoms with van der Waals surface area (Å²) in [5.74, 6) is 1.77. The van der Waals surface area contributed by atoms with Crippen LogP contribution in [0.2, 0.25) is 0 Å². The second-order valence-electron chi connectivity index (χ2n) is 9.66. The van der Waals surface area contributed by atoms with Gasteiger partial charge in [-0.15, -0.1) is 0 Å². The Bertz CT molecular complexity index is 1230. The number of aliphatic hydroxyl groups excluding tert-OH is 1. The van der Waals surface area contributed by atoms with Gasteiger partial charge in [0.25, 0.3) is 0 Å². The third-order valence-electron chi connectivity index (χ3n) is 7.18. The van der Waals surface area contributed by atoms with E-state index >= 15 is 0 Å². The number of nitrogens with one attached hydrogen (secondary N) is 2. The fourth-order valence-corrected chi connectivity index (χ4v) is 5.59. The maximum absolute atomic E-state index is 13.4. The molecule has 178 valence electrons. The molecule has 3 aromatic rings. The molecule has 0 bridgehead atoms. The van der Waals surface area contributed by atoms with Crippen molar-refractivity contribution in [3.63, 3.8) is 0 Å². The number of rotatable bonds is 6. The number of nitrogens with zero attached hydrogens (tertiary/aromatic N) is 3. The zero-order chi connectivity index (χ0) is 23.2. The van der Waals surface area contributed by atoms with Crippen molar-refractivity contribution in [3.05, 3.63) is 36.4 Å². The van der Waals surface area contributed by atoms with Gasteiger partial charge in [0.2, 0.25) is 5.91 Å². The van der Waals surface area contributed by atoms with Crippen molar-refractivity contribution >= 4 is 45.8 Å². The second-order valence-corrected chi connectivity index (χ2v) is 10.6. The topological polar surface area (TPSA) is 82.4 Å². The van der Waals surface area contributed by atoms with Crippen LogP contribution in [0, 0.1) is 0 Å². The molecule has 6 rings (SSSR count). The molecule has 3 N–H and O–H groups in total. The molecule has 1 aromatic heterocycles. The summed E-state index contributed by atoms with van der Waals surface area (Å²) in [5, 5.41) is 16.7. The van der Waals surface area contributed by atoms with E-state index in [0.717, 1.165) is 77.6 Å². The summed E-state index contributed by atoms with van der Waals surface area (Å²) in [6.45, 7) is 1.69. The van der Waals surface area contributed by atoms with Crippen LogP contribution in [0.25, 0.3) is 22.4 Å². The highest BCUT2D eigenvalue weighted by atomic mass is 32.2. The first kappa shape index (κ1) is 21.8. The van der Waals surface area contributed by atoms with E-state index in [4.69, 9.17) is 4.98 Å². The van der Waals surface area contributed by atoms with Gasteiger partial charge in [0.1, 0.15) is 11.9 Å². The number of fused-ring (bicyclic) bond motifs is 5. The number of imidazole rings is 1. The molecule has 0 radical (unpaired) electrons. The molecule has 8 heteroatoms. The average molecular weight is 478 g/mol. The molecule has 1 unspecified atom stereocenters. The van der Waals surface area contributed by atoms with Crippen molar-refractivity contribution in [2.45, 2.75) is 50.3 Å². The molecule has 1 saturated carbocycles. The number of carbonyl (C=O) groups excluding carboxylic acids is 1. The predicted molar refractivity (Wildman–Crippen MR) is 140 cm³/mol. The van der Waals surface area contributed by atoms with Gasteiger partial charge in [0, 0.05) is 36.1 Å². The number of hydrogen-bond donors (Lipinski definition) is 3. The molecule has 34 heavy (non-hydrogen) atoms. The Kier molecular flexibility index (Phi) is 5.65. The molecule has 3 aliphatic rings. The van der Waals surface area contributed by atoms with E-state index in [-0.39, 0.29) is 18.1 Å². The van der Waals surface area contributed by atoms with Crippen molar-refractivity contribution in [2.75, 3.05) is 40.6 Å². The third kappa shape index (κ3) is 4.03. The molecule has 7 nitrogen and oxygen atoms in total. The van der Waals surface area contributed by atoms with Crippen LogP contribution in [0.5, 0.6) is 0 Å². The summed E-state index contributed by atoms with van der Waals surface area (Å²) in [5.41, 5.74) is 5.88. The van der Waals surface area contributed by atoms with Crippen molar-refractivity contribution in [1.82, 2.24) is 9.55 Å². The lowest BCUT2D eigenvalue weighted by molar-refractivity contribution is -0.119. The van der Waals surface area contributed by atoms with Crippen molar-refractivity contribution < 1.29 is 9.90 Å². The monoisotopic (exact) mass is 477 g/mol. The van der Waals surface area contributed by atoms with Crippen LogP contribution in [-0.2, 0) is 4.79 Å². The molecule has 2 aliphatic heterocycles. The van der Waals surface area contributed by atoms with Gasteiger partial charge in [-0.3, -0.25) is 4.79 Å². The van der Waals surface area contributed by atoms with Crippen LogP contribution in [0.4, 0.5) is 17.1 Å². The molecule has 1 aliphatic carbocycles. The first-order valence-electron chi connectivity index (χ1n) is 12.3. The Morgan fingerprint density at radius 3 is 2.74 bits per heavy atom. The lowest BCUT2D eigenvalue weighted by Crippen LogP contribution is -2.35. The first-order chi connectivity index (χ1) is 16.6. The quantitative estimate of drug-likeness (QED) is 0.486. The summed E-state index contributed by atoms with van der Waals surface area (Å²) in [6, 6.07) is 12.8. The predicted octanol–water partition coefficient (Wildman–Crippen LogP) is 4.49. The Morgan fingerprint density at radius 1 is 1.15 bits per heavy atom. The summed E-state index contributed by atoms with van der Waals surface area (Å²) < 4.78 is 2.15. The SMILES string of the molecule is CSCCC1C(=O)Nc2ccc(NC3CC3)cc2-c2nc3cc(N4CCC(O)CC4)ccc3n21. The summed E-state index contributed by atoms with van der Waals surface area (Å²) in [4.78, 5) is 20.8. The van der Waals surface area contributed by atoms with E-state index in [2.05, 4.69) is 56.7 Å². The Morgan fingerprint density at radius 2 is 1.97 bits per heavy atom. The maximum atomic E-state index is 13.4. The Hall–Kier alpha value is -2.71. The standard InChI is InChI=1S/C26H31N5O2S/c1-34-13-10-24-26(33)29-21-6-4-17(27-16-2-3-16)14-20(21)25-28-22-15-18(5-7-23(22)31(24)25)30-11-8-19(32)9-12-30/h4-7,14-16,19,24,27,32H,2-3,8-13H2,1H3,(H,29,33). The van der Waals surface area contributed by atoms with Crippen molar-refractivity contribution in [2.24, 2.45) is 0 Å². The van der Waals surface area contributed by atoms with E-state index in [1.807, 2.05) is 6.07 Å². The smallest absolute Gasteiger partial charge is 0.247 e. The van der Waals surface area contributed by atoms with E-state index in [0.29, 0.717) is 6.04 Å². The largest absolute Gasteiger partial charge is 0.393 e. The van der Waals surface area contributed by atoms with Gasteiger partial charge < -0.3 is 25.2 Å². The van der Waals surface area contributed by atoms with Gasteiger partial charge in [-0.1, -0.05) is 0 Å². The van der Waals surface area contributed by atoms with Gasteiger partial charge in [-0.2, -0.15) is 11.8 Å². The Labute approximate surface area is 203 Å². The van der Waals surface area contributed by atoms with Crippen molar-refractivity contribution in [1.29, 1.82) is 0 Å². The highest BCUT2D eigenvalue weighted by Gasteiger charge is 2.32. The molecule has 0 spiro atoms. The van der Waals surface area contributed by atoms with Crippen LogP contribution >= 0.6 is 11.8 Å². The highest BCUT2D eigenvalue weighted by molar-refractivity contribution is 7.98. The number of amides is 1. The van der Waals surface area contributed by atoms with Gasteiger partial charge in [0.15, 0.2) is 0 Å². The normalized spacial score (nSPS) is 20.6. The average Bonchev–Trinajstić information content (AvgIpc) is 3.60. The maximum Gasteiger partial charge on any atom is 0.247 e. The Balaban J connectivity index is 1.47. The van der Waals surface area contributed by atoms with Gasteiger partial charge in [-0.05, 0) is 80.5 Å². The van der Waals surface area contributed by atoms with E-state index in [1.54, 1.807) is 11.8 Å². The number of thioether (sulfide) groups is 1. The molecular formula is C26H31N5O2S. The van der Waals surface area contributed by atoms with E-state index < -0.39 is 0 Å². The fourth-order valence-electron chi connectivity index (χ4n) is 5.13. The highest BCUT2D eigenvalue weighted by Crippen LogP contribution is 2.40. The van der Waals surface area contributed by atoms with Crippen LogP contribution in [0.1, 0.15) is 38.1 Å². The molecule has 1 saturated heterocycles. The van der Waals surface area contributed by atoms with Crippen LogP contribution < -0.4 is 15.5 Å². The zero-order valence-corrected chi connectivity index (χ0v) is 20.3. The molecular weight excluding hydrogens is 446 g/mol. The van der Waals surface area contributed by atoms with Crippen molar-refractivity contribution in [3.8, 4) is 11.4 Å². The number of hydrogen-bond acceptors (Lipinski definition) is 6. The van der Waals surface area contributed by atoms with Crippen LogP contribution in [-0.4, -0.2) is 57.8 Å². The summed E-state index contributed by atoms with van der Waals surface area (Å²) >= 11 is 1.76. The molecule has 2 fully saturated rings. The van der Waals surface area contributed by atoms with E-state index in [1.165, 1.54) is 12.8 Å². The molecule has 2 aromatic carbocycles.